The summed E-state index contributed by atoms with van der Waals surface area (Å²) >= 11 is 0. The van der Waals surface area contributed by atoms with E-state index in [0.717, 1.165) is 42.2 Å². The molecule has 0 aromatic heterocycles. The molecule has 4 aliphatic rings. The smallest absolute Gasteiger partial charge is 0.124 e. The lowest BCUT2D eigenvalue weighted by atomic mass is 9.91. The molecule has 1 unspecified atom stereocenters. The number of hydrogen-bond donors (Lipinski definition) is 0. The van der Waals surface area contributed by atoms with Gasteiger partial charge in [0.1, 0.15) is 17.6 Å². The highest BCUT2D eigenvalue weighted by Gasteiger charge is 2.34. The van der Waals surface area contributed by atoms with Crippen LogP contribution in [0.4, 0.5) is 0 Å². The average Bonchev–Trinajstić information content (AvgIpc) is 3.77. The molecule has 6 rings (SSSR count). The van der Waals surface area contributed by atoms with Gasteiger partial charge in [0, 0.05) is 19.1 Å². The molecule has 0 amide bonds. The van der Waals surface area contributed by atoms with Crippen LogP contribution in [0.3, 0.4) is 0 Å². The van der Waals surface area contributed by atoms with Gasteiger partial charge in [0.05, 0.1) is 6.10 Å². The highest BCUT2D eigenvalue weighted by atomic mass is 16.5. The number of aryl methyl sites for hydroxylation is 1. The molecular weight excluding hydrogens is 394 g/mol. The van der Waals surface area contributed by atoms with Crippen LogP contribution < -0.4 is 9.47 Å². The zero-order valence-electron chi connectivity index (χ0n) is 19.3. The van der Waals surface area contributed by atoms with Crippen LogP contribution in [-0.4, -0.2) is 30.1 Å². The van der Waals surface area contributed by atoms with Crippen molar-refractivity contribution in [1.29, 1.82) is 0 Å². The van der Waals surface area contributed by atoms with E-state index < -0.39 is 0 Å². The second kappa shape index (κ2) is 9.09. The van der Waals surface area contributed by atoms with Gasteiger partial charge in [-0.25, -0.2) is 0 Å². The molecule has 3 aliphatic carbocycles. The van der Waals surface area contributed by atoms with Crippen molar-refractivity contribution < 1.29 is 9.47 Å². The standard InChI is InChI=1S/C29H37NO2/c1-2-4-23(5-3-1)28-16-10-24-18-27(15-17-29(24)32-28)31-26-13-11-25(12-14-26)30(19-21-6-7-21)20-22-8-9-22/h1-5,15,17-18,21-22,25-26,28H,6-14,16,19-20H2/t25-,26-,28?. The third-order valence-electron chi connectivity index (χ3n) is 7.99. The monoisotopic (exact) mass is 431 g/mol. The van der Waals surface area contributed by atoms with E-state index in [-0.39, 0.29) is 6.10 Å². The van der Waals surface area contributed by atoms with Gasteiger partial charge in [0.25, 0.3) is 0 Å². The van der Waals surface area contributed by atoms with Crippen molar-refractivity contribution in [1.82, 2.24) is 4.90 Å². The molecule has 1 atom stereocenters. The first-order valence-corrected chi connectivity index (χ1v) is 13.1. The van der Waals surface area contributed by atoms with Gasteiger partial charge in [-0.05, 0) is 105 Å². The summed E-state index contributed by atoms with van der Waals surface area (Å²) in [7, 11) is 0. The highest BCUT2D eigenvalue weighted by molar-refractivity contribution is 5.42. The van der Waals surface area contributed by atoms with E-state index >= 15 is 0 Å². The van der Waals surface area contributed by atoms with Crippen molar-refractivity contribution in [3.63, 3.8) is 0 Å². The third-order valence-corrected chi connectivity index (χ3v) is 7.99. The van der Waals surface area contributed by atoms with Crippen LogP contribution in [0.1, 0.15) is 75.0 Å². The number of rotatable bonds is 8. The van der Waals surface area contributed by atoms with E-state index in [1.54, 1.807) is 0 Å². The summed E-state index contributed by atoms with van der Waals surface area (Å²) < 4.78 is 12.8. The molecule has 170 valence electrons. The van der Waals surface area contributed by atoms with Crippen molar-refractivity contribution in [2.75, 3.05) is 13.1 Å². The summed E-state index contributed by atoms with van der Waals surface area (Å²) in [5.74, 6) is 4.06. The van der Waals surface area contributed by atoms with E-state index in [9.17, 15) is 0 Å². The lowest BCUT2D eigenvalue weighted by Gasteiger charge is -2.37. The van der Waals surface area contributed by atoms with E-state index in [1.165, 1.54) is 75.6 Å². The normalized spacial score (nSPS) is 27.6. The lowest BCUT2D eigenvalue weighted by Crippen LogP contribution is -2.42. The zero-order valence-corrected chi connectivity index (χ0v) is 19.3. The third kappa shape index (κ3) is 4.98. The Morgan fingerprint density at radius 2 is 1.50 bits per heavy atom. The summed E-state index contributed by atoms with van der Waals surface area (Å²) in [6.45, 7) is 2.73. The van der Waals surface area contributed by atoms with Gasteiger partial charge in [-0.15, -0.1) is 0 Å². The summed E-state index contributed by atoms with van der Waals surface area (Å²) in [5.41, 5.74) is 2.57. The molecule has 2 aromatic carbocycles. The Bertz CT molecular complexity index is 883. The predicted octanol–water partition coefficient (Wildman–Crippen LogP) is 6.56. The van der Waals surface area contributed by atoms with E-state index in [2.05, 4.69) is 53.4 Å². The maximum Gasteiger partial charge on any atom is 0.124 e. The van der Waals surface area contributed by atoms with Gasteiger partial charge >= 0.3 is 0 Å². The van der Waals surface area contributed by atoms with Gasteiger partial charge in [-0.3, -0.25) is 4.90 Å². The largest absolute Gasteiger partial charge is 0.490 e. The molecule has 0 N–H and O–H groups in total. The second-order valence-corrected chi connectivity index (χ2v) is 10.7. The van der Waals surface area contributed by atoms with Crippen molar-refractivity contribution in [2.45, 2.75) is 82.5 Å². The fourth-order valence-corrected chi connectivity index (χ4v) is 5.70. The Hall–Kier alpha value is -2.00. The summed E-state index contributed by atoms with van der Waals surface area (Å²) in [6.07, 6.45) is 13.5. The van der Waals surface area contributed by atoms with Crippen molar-refractivity contribution in [3.05, 3.63) is 59.7 Å². The van der Waals surface area contributed by atoms with Gasteiger partial charge < -0.3 is 9.47 Å². The minimum atomic E-state index is 0.167. The average molecular weight is 432 g/mol. The van der Waals surface area contributed by atoms with E-state index in [4.69, 9.17) is 9.47 Å². The minimum Gasteiger partial charge on any atom is -0.490 e. The molecule has 32 heavy (non-hydrogen) atoms. The molecule has 2 aromatic rings. The van der Waals surface area contributed by atoms with E-state index in [0.29, 0.717) is 6.10 Å². The van der Waals surface area contributed by atoms with Crippen LogP contribution >= 0.6 is 0 Å². The van der Waals surface area contributed by atoms with Crippen LogP contribution in [0.2, 0.25) is 0 Å². The van der Waals surface area contributed by atoms with Crippen LogP contribution in [0.5, 0.6) is 11.5 Å². The van der Waals surface area contributed by atoms with E-state index in [1.807, 2.05) is 0 Å². The van der Waals surface area contributed by atoms with Gasteiger partial charge in [0.15, 0.2) is 0 Å². The van der Waals surface area contributed by atoms with Crippen LogP contribution in [0.25, 0.3) is 0 Å². The molecule has 0 spiro atoms. The molecule has 3 heteroatoms. The Morgan fingerprint density at radius 1 is 0.781 bits per heavy atom. The van der Waals surface area contributed by atoms with Crippen molar-refractivity contribution in [2.24, 2.45) is 11.8 Å². The summed E-state index contributed by atoms with van der Waals surface area (Å²) in [5, 5.41) is 0. The summed E-state index contributed by atoms with van der Waals surface area (Å²) in [4.78, 5) is 2.87. The molecule has 3 nitrogen and oxygen atoms in total. The van der Waals surface area contributed by atoms with Crippen LogP contribution in [0.15, 0.2) is 48.5 Å². The topological polar surface area (TPSA) is 21.7 Å². The lowest BCUT2D eigenvalue weighted by molar-refractivity contribution is 0.0821. The first kappa shape index (κ1) is 20.6. The van der Waals surface area contributed by atoms with Crippen LogP contribution in [-0.2, 0) is 6.42 Å². The number of ether oxygens (including phenoxy) is 2. The minimum absolute atomic E-state index is 0.167. The Kier molecular flexibility index (Phi) is 5.85. The number of benzene rings is 2. The fourth-order valence-electron chi connectivity index (χ4n) is 5.70. The maximum atomic E-state index is 6.47. The number of hydrogen-bond acceptors (Lipinski definition) is 3. The van der Waals surface area contributed by atoms with Crippen LogP contribution in [0, 0.1) is 11.8 Å². The molecule has 0 bridgehead atoms. The Balaban J connectivity index is 1.03. The molecule has 1 aliphatic heterocycles. The quantitative estimate of drug-likeness (QED) is 0.472. The van der Waals surface area contributed by atoms with Gasteiger partial charge in [-0.1, -0.05) is 30.3 Å². The summed E-state index contributed by atoms with van der Waals surface area (Å²) in [6, 6.07) is 17.9. The molecule has 0 saturated heterocycles. The van der Waals surface area contributed by atoms with Gasteiger partial charge in [0.2, 0.25) is 0 Å². The first-order valence-electron chi connectivity index (χ1n) is 13.1. The second-order valence-electron chi connectivity index (χ2n) is 10.7. The molecular formula is C29H37NO2. The number of nitrogens with zero attached hydrogens (tertiary/aromatic N) is 1. The molecule has 0 radical (unpaired) electrons. The maximum absolute atomic E-state index is 6.47. The van der Waals surface area contributed by atoms with Crippen molar-refractivity contribution in [3.8, 4) is 11.5 Å². The Labute approximate surface area is 193 Å². The SMILES string of the molecule is c1ccc(C2CCc3cc(O[C@H]4CC[C@H](N(CC5CC5)CC5CC5)CC4)ccc3O2)cc1. The fraction of sp³-hybridized carbons (Fsp3) is 0.586. The highest BCUT2D eigenvalue weighted by Crippen LogP contribution is 2.39. The van der Waals surface area contributed by atoms with Crippen molar-refractivity contribution >= 4 is 0 Å². The molecule has 3 saturated carbocycles. The van der Waals surface area contributed by atoms with Gasteiger partial charge in [-0.2, -0.15) is 0 Å². The zero-order chi connectivity index (χ0) is 21.3. The first-order chi connectivity index (χ1) is 15.8. The molecule has 1 heterocycles. The Morgan fingerprint density at radius 3 is 2.19 bits per heavy atom. The predicted molar refractivity (Wildman–Crippen MR) is 128 cm³/mol. The number of fused-ring (bicyclic) bond motifs is 1. The molecule has 3 fully saturated rings.